The summed E-state index contributed by atoms with van der Waals surface area (Å²) in [6.07, 6.45) is 7.02. The molecular weight excluding hydrogens is 486 g/mol. The average molecular weight is 522 g/mol. The number of hydrogen-bond acceptors (Lipinski definition) is 9. The van der Waals surface area contributed by atoms with Gasteiger partial charge >= 0.3 is 0 Å². The van der Waals surface area contributed by atoms with Gasteiger partial charge in [-0.25, -0.2) is 9.97 Å². The second kappa shape index (κ2) is 11.9. The number of oxazole rings is 1. The molecule has 1 saturated carbocycles. The van der Waals surface area contributed by atoms with Crippen LogP contribution in [0.3, 0.4) is 0 Å². The van der Waals surface area contributed by atoms with Crippen LogP contribution in [0, 0.1) is 6.92 Å². The smallest absolute Gasteiger partial charge is 0.251 e. The molecule has 10 nitrogen and oxygen atoms in total. The number of carbonyl (C=O) groups excluding carboxylic acids is 1. The van der Waals surface area contributed by atoms with Gasteiger partial charge in [-0.1, -0.05) is 6.07 Å². The van der Waals surface area contributed by atoms with Crippen molar-refractivity contribution < 1.29 is 23.8 Å². The van der Waals surface area contributed by atoms with Crippen LogP contribution >= 0.6 is 0 Å². The van der Waals surface area contributed by atoms with Crippen LogP contribution in [-0.4, -0.2) is 70.9 Å². The molecule has 10 heteroatoms. The molecule has 0 spiro atoms. The van der Waals surface area contributed by atoms with E-state index >= 15 is 0 Å². The number of aliphatic hydroxyl groups is 1. The van der Waals surface area contributed by atoms with Crippen LogP contribution in [-0.2, 0) is 24.3 Å². The summed E-state index contributed by atoms with van der Waals surface area (Å²) in [4.78, 5) is 23.1. The molecule has 1 aliphatic heterocycles. The van der Waals surface area contributed by atoms with Crippen LogP contribution in [0.5, 0.6) is 5.75 Å². The SMILES string of the molecule is CO[C@H]1C[C@@H](Nc2cc(C(=O)NC[C@H](O)CN3CCc4c(ccc(OCc5cnco5)c4C)C3)ccn2)C1. The van der Waals surface area contributed by atoms with Crippen LogP contribution in [0.15, 0.2) is 47.5 Å². The standard InChI is InChI=1S/C28H35N5O5/c1-18-25-6-8-33(14-20(25)3-4-26(18)37-16-24-13-29-17-38-24)15-22(34)12-31-28(35)19-5-7-30-27(9-19)32-21-10-23(11-21)36-2/h3-5,7,9,13,17,21-23,34H,6,8,10-12,14-16H2,1-2H3,(H,30,32)(H,31,35)/t21-,22-,23+/m0/s1. The van der Waals surface area contributed by atoms with Crippen molar-refractivity contribution in [2.24, 2.45) is 0 Å². The average Bonchev–Trinajstić information content (AvgIpc) is 3.42. The van der Waals surface area contributed by atoms with Crippen molar-refractivity contribution in [2.45, 2.75) is 57.6 Å². The monoisotopic (exact) mass is 521 g/mol. The van der Waals surface area contributed by atoms with Crippen LogP contribution in [0.4, 0.5) is 5.82 Å². The number of amides is 1. The number of hydrogen-bond donors (Lipinski definition) is 3. The third-order valence-electron chi connectivity index (χ3n) is 7.34. The lowest BCUT2D eigenvalue weighted by molar-refractivity contribution is 0.0328. The normalized spacial score (nSPS) is 19.8. The van der Waals surface area contributed by atoms with Crippen molar-refractivity contribution >= 4 is 11.7 Å². The minimum absolute atomic E-state index is 0.179. The molecule has 1 amide bonds. The summed E-state index contributed by atoms with van der Waals surface area (Å²) in [5.41, 5.74) is 4.18. The van der Waals surface area contributed by atoms with Gasteiger partial charge in [0, 0.05) is 51.1 Å². The predicted octanol–water partition coefficient (Wildman–Crippen LogP) is 2.70. The second-order valence-corrected chi connectivity index (χ2v) is 10.0. The van der Waals surface area contributed by atoms with E-state index in [2.05, 4.69) is 38.5 Å². The first-order chi connectivity index (χ1) is 18.5. The van der Waals surface area contributed by atoms with Crippen LogP contribution < -0.4 is 15.4 Å². The van der Waals surface area contributed by atoms with Crippen molar-refractivity contribution in [1.82, 2.24) is 20.2 Å². The largest absolute Gasteiger partial charge is 0.485 e. The lowest BCUT2D eigenvalue weighted by atomic mass is 9.89. The second-order valence-electron chi connectivity index (χ2n) is 10.0. The molecule has 3 heterocycles. The number of aliphatic hydroxyl groups excluding tert-OH is 1. The Bertz CT molecular complexity index is 1230. The van der Waals surface area contributed by atoms with Crippen molar-refractivity contribution in [3.63, 3.8) is 0 Å². The molecular formula is C28H35N5O5. The van der Waals surface area contributed by atoms with Crippen LogP contribution in [0.2, 0.25) is 0 Å². The summed E-state index contributed by atoms with van der Waals surface area (Å²) in [6, 6.07) is 7.81. The summed E-state index contributed by atoms with van der Waals surface area (Å²) < 4.78 is 16.5. The van der Waals surface area contributed by atoms with Gasteiger partial charge in [0.1, 0.15) is 18.2 Å². The van der Waals surface area contributed by atoms with Crippen molar-refractivity contribution in [1.29, 1.82) is 0 Å². The number of pyridine rings is 1. The van der Waals surface area contributed by atoms with Crippen LogP contribution in [0.25, 0.3) is 0 Å². The number of rotatable bonds is 11. The van der Waals surface area contributed by atoms with E-state index in [9.17, 15) is 9.90 Å². The zero-order valence-corrected chi connectivity index (χ0v) is 21.9. The number of β-amino-alcohol motifs (C(OH)–C–C–N with tert-alkyl or cyclic N) is 1. The highest BCUT2D eigenvalue weighted by Crippen LogP contribution is 2.30. The quantitative estimate of drug-likeness (QED) is 0.350. The molecule has 3 N–H and O–H groups in total. The number of carbonyl (C=O) groups is 1. The van der Waals surface area contributed by atoms with E-state index in [0.29, 0.717) is 42.4 Å². The zero-order chi connectivity index (χ0) is 26.5. The molecule has 2 aromatic heterocycles. The van der Waals surface area contributed by atoms with E-state index in [4.69, 9.17) is 13.9 Å². The summed E-state index contributed by atoms with van der Waals surface area (Å²) in [5.74, 6) is 1.98. The Hall–Kier alpha value is -3.47. The third kappa shape index (κ3) is 6.32. The molecule has 38 heavy (non-hydrogen) atoms. The first-order valence-corrected chi connectivity index (χ1v) is 13.0. The summed E-state index contributed by atoms with van der Waals surface area (Å²) in [7, 11) is 1.72. The highest BCUT2D eigenvalue weighted by Gasteiger charge is 2.29. The topological polar surface area (TPSA) is 122 Å². The van der Waals surface area contributed by atoms with Gasteiger partial charge in [-0.05, 0) is 61.1 Å². The van der Waals surface area contributed by atoms with Crippen molar-refractivity contribution in [3.05, 3.63) is 71.1 Å². The van der Waals surface area contributed by atoms with Gasteiger partial charge < -0.3 is 29.6 Å². The Balaban J connectivity index is 1.08. The zero-order valence-electron chi connectivity index (χ0n) is 21.9. The van der Waals surface area contributed by atoms with Gasteiger partial charge in [0.25, 0.3) is 5.91 Å². The lowest BCUT2D eigenvalue weighted by Crippen LogP contribution is -2.42. The maximum Gasteiger partial charge on any atom is 0.251 e. The van der Waals surface area contributed by atoms with E-state index in [0.717, 1.165) is 43.7 Å². The molecule has 1 fully saturated rings. The molecule has 1 atom stereocenters. The highest BCUT2D eigenvalue weighted by molar-refractivity contribution is 5.94. The molecule has 5 rings (SSSR count). The number of nitrogens with one attached hydrogen (secondary N) is 2. The first-order valence-electron chi connectivity index (χ1n) is 13.0. The summed E-state index contributed by atoms with van der Waals surface area (Å²) in [6.45, 7) is 4.66. The van der Waals surface area contributed by atoms with Crippen molar-refractivity contribution in [3.8, 4) is 5.75 Å². The van der Waals surface area contributed by atoms with E-state index in [1.165, 1.54) is 17.5 Å². The Kier molecular flexibility index (Phi) is 8.21. The molecule has 1 aromatic carbocycles. The molecule has 0 bridgehead atoms. The van der Waals surface area contributed by atoms with E-state index in [-0.39, 0.29) is 12.5 Å². The van der Waals surface area contributed by atoms with E-state index in [1.54, 1.807) is 31.6 Å². The Morgan fingerprint density at radius 3 is 2.97 bits per heavy atom. The minimum Gasteiger partial charge on any atom is -0.485 e. The van der Waals surface area contributed by atoms with E-state index < -0.39 is 6.10 Å². The number of methoxy groups -OCH3 is 1. The number of benzene rings is 1. The Morgan fingerprint density at radius 1 is 1.32 bits per heavy atom. The molecule has 0 saturated heterocycles. The first kappa shape index (κ1) is 26.1. The van der Waals surface area contributed by atoms with Gasteiger partial charge in [0.2, 0.25) is 0 Å². The molecule has 0 unspecified atom stereocenters. The fraction of sp³-hybridized carbons (Fsp3) is 0.464. The van der Waals surface area contributed by atoms with E-state index in [1.807, 2.05) is 6.07 Å². The number of fused-ring (bicyclic) bond motifs is 1. The van der Waals surface area contributed by atoms with Crippen molar-refractivity contribution in [2.75, 3.05) is 32.1 Å². The lowest BCUT2D eigenvalue weighted by Gasteiger charge is -2.34. The van der Waals surface area contributed by atoms with Gasteiger partial charge in [0.05, 0.1) is 18.4 Å². The Labute approximate surface area is 222 Å². The number of ether oxygens (including phenoxy) is 2. The molecule has 1 aliphatic carbocycles. The summed E-state index contributed by atoms with van der Waals surface area (Å²) in [5, 5.41) is 16.8. The maximum atomic E-state index is 12.7. The maximum absolute atomic E-state index is 12.7. The minimum atomic E-state index is -0.675. The van der Waals surface area contributed by atoms with Gasteiger partial charge in [0.15, 0.2) is 12.2 Å². The third-order valence-corrected chi connectivity index (χ3v) is 7.34. The van der Waals surface area contributed by atoms with Gasteiger partial charge in [-0.3, -0.25) is 9.69 Å². The number of anilines is 1. The number of aromatic nitrogens is 2. The van der Waals surface area contributed by atoms with Gasteiger partial charge in [-0.15, -0.1) is 0 Å². The van der Waals surface area contributed by atoms with Crippen LogP contribution in [0.1, 0.15) is 45.7 Å². The molecule has 0 radical (unpaired) electrons. The fourth-order valence-corrected chi connectivity index (χ4v) is 5.06. The Morgan fingerprint density at radius 2 is 2.18 bits per heavy atom. The van der Waals surface area contributed by atoms with Gasteiger partial charge in [-0.2, -0.15) is 0 Å². The molecule has 202 valence electrons. The highest BCUT2D eigenvalue weighted by atomic mass is 16.5. The predicted molar refractivity (Wildman–Crippen MR) is 141 cm³/mol. The summed E-state index contributed by atoms with van der Waals surface area (Å²) >= 11 is 0. The molecule has 3 aromatic rings. The number of nitrogens with zero attached hydrogens (tertiary/aromatic N) is 3. The fourth-order valence-electron chi connectivity index (χ4n) is 5.06. The molecule has 2 aliphatic rings.